The minimum absolute atomic E-state index is 0.00368. The Morgan fingerprint density at radius 1 is 1.14 bits per heavy atom. The maximum Gasteiger partial charge on any atom is 0.341 e. The number of esters is 1. The molecule has 4 rings (SSSR count). The first kappa shape index (κ1) is 25.4. The van der Waals surface area contributed by atoms with E-state index < -0.39 is 21.9 Å². The highest BCUT2D eigenvalue weighted by molar-refractivity contribution is 7.89. The molecule has 1 N–H and O–H groups in total. The van der Waals surface area contributed by atoms with Gasteiger partial charge < -0.3 is 14.6 Å². The summed E-state index contributed by atoms with van der Waals surface area (Å²) in [4.78, 5) is 25.8. The van der Waals surface area contributed by atoms with Crippen molar-refractivity contribution in [3.8, 4) is 0 Å². The zero-order valence-corrected chi connectivity index (χ0v) is 21.4. The molecule has 10 heteroatoms. The van der Waals surface area contributed by atoms with Crippen LogP contribution in [0.4, 0.5) is 10.1 Å². The molecule has 1 amide bonds. The summed E-state index contributed by atoms with van der Waals surface area (Å²) < 4.78 is 49.8. The quantitative estimate of drug-likeness (QED) is 0.572. The summed E-state index contributed by atoms with van der Waals surface area (Å²) >= 11 is 0. The molecule has 35 heavy (non-hydrogen) atoms. The third-order valence-corrected chi connectivity index (χ3v) is 8.84. The Kier molecular flexibility index (Phi) is 7.06. The number of aryl methyl sites for hydroxylation is 1. The van der Waals surface area contributed by atoms with Crippen LogP contribution in [-0.2, 0) is 19.6 Å². The van der Waals surface area contributed by atoms with E-state index in [4.69, 9.17) is 4.74 Å². The van der Waals surface area contributed by atoms with Gasteiger partial charge in [0.15, 0.2) is 0 Å². The third-order valence-electron chi connectivity index (χ3n) is 6.81. The summed E-state index contributed by atoms with van der Waals surface area (Å²) in [5.41, 5.74) is 2.09. The van der Waals surface area contributed by atoms with Gasteiger partial charge in [0, 0.05) is 36.2 Å². The van der Waals surface area contributed by atoms with Gasteiger partial charge >= 0.3 is 5.97 Å². The van der Waals surface area contributed by atoms with Crippen molar-refractivity contribution in [1.29, 1.82) is 0 Å². The zero-order chi connectivity index (χ0) is 25.5. The molecular weight excluding hydrogens is 473 g/mol. The van der Waals surface area contributed by atoms with Gasteiger partial charge in [-0.1, -0.05) is 0 Å². The molecule has 1 aliphatic carbocycles. The second-order valence-corrected chi connectivity index (χ2v) is 11.2. The molecule has 1 aromatic carbocycles. The summed E-state index contributed by atoms with van der Waals surface area (Å²) in [6.07, 6.45) is 2.92. The number of piperidine rings is 1. The number of sulfonamides is 1. The van der Waals surface area contributed by atoms with Gasteiger partial charge in [0.05, 0.1) is 12.5 Å². The molecule has 8 nitrogen and oxygen atoms in total. The molecule has 2 heterocycles. The van der Waals surface area contributed by atoms with Gasteiger partial charge in [0.2, 0.25) is 15.9 Å². The Labute approximate surface area is 205 Å². The molecule has 0 radical (unpaired) electrons. The van der Waals surface area contributed by atoms with Crippen LogP contribution < -0.4 is 5.32 Å². The number of ether oxygens (including phenoxy) is 1. The number of aromatic nitrogens is 1. The summed E-state index contributed by atoms with van der Waals surface area (Å²) in [6.45, 7) is 7.18. The lowest BCUT2D eigenvalue weighted by molar-refractivity contribution is -0.120. The van der Waals surface area contributed by atoms with Crippen LogP contribution in [0.2, 0.25) is 0 Å². The molecular formula is C25H32FN3O5S. The van der Waals surface area contributed by atoms with Crippen LogP contribution in [0.15, 0.2) is 23.1 Å². The molecule has 1 saturated heterocycles. The van der Waals surface area contributed by atoms with Crippen molar-refractivity contribution in [2.24, 2.45) is 5.92 Å². The minimum Gasteiger partial charge on any atom is -0.462 e. The van der Waals surface area contributed by atoms with E-state index in [0.29, 0.717) is 35.5 Å². The Morgan fingerprint density at radius 3 is 2.49 bits per heavy atom. The molecule has 0 unspecified atom stereocenters. The van der Waals surface area contributed by atoms with Gasteiger partial charge in [0.1, 0.15) is 16.3 Å². The number of hydrogen-bond donors (Lipinski definition) is 1. The highest BCUT2D eigenvalue weighted by Gasteiger charge is 2.41. The Hall–Kier alpha value is -2.72. The van der Waals surface area contributed by atoms with Gasteiger partial charge in [-0.15, -0.1) is 0 Å². The Bertz CT molecular complexity index is 1270. The number of carbonyl (C=O) groups excluding carboxylic acids is 2. The van der Waals surface area contributed by atoms with E-state index in [1.165, 1.54) is 16.4 Å². The highest BCUT2D eigenvalue weighted by atomic mass is 32.2. The van der Waals surface area contributed by atoms with Gasteiger partial charge in [-0.25, -0.2) is 17.6 Å². The smallest absolute Gasteiger partial charge is 0.341 e. The van der Waals surface area contributed by atoms with Crippen LogP contribution in [0.25, 0.3) is 0 Å². The predicted octanol–water partition coefficient (Wildman–Crippen LogP) is 4.10. The molecule has 1 aromatic heterocycles. The SMILES string of the molecule is CCOC(=O)c1c(S(=O)(=O)N2CCC[C@H](C(=O)Nc3ccc(F)c(C)c3)C2)c(C)n(C2CC2)c1C. The first-order valence-electron chi connectivity index (χ1n) is 12.0. The molecule has 1 saturated carbocycles. The number of anilines is 1. The van der Waals surface area contributed by atoms with E-state index in [2.05, 4.69) is 5.32 Å². The van der Waals surface area contributed by atoms with E-state index in [1.54, 1.807) is 33.8 Å². The number of rotatable bonds is 7. The Balaban J connectivity index is 1.62. The van der Waals surface area contributed by atoms with Crippen molar-refractivity contribution in [2.45, 2.75) is 64.3 Å². The molecule has 1 aliphatic heterocycles. The van der Waals surface area contributed by atoms with Crippen molar-refractivity contribution in [2.75, 3.05) is 25.0 Å². The Morgan fingerprint density at radius 2 is 1.86 bits per heavy atom. The average molecular weight is 506 g/mol. The van der Waals surface area contributed by atoms with Crippen molar-refractivity contribution in [3.63, 3.8) is 0 Å². The molecule has 0 spiro atoms. The predicted molar refractivity (Wildman–Crippen MR) is 129 cm³/mol. The van der Waals surface area contributed by atoms with E-state index in [-0.39, 0.29) is 47.9 Å². The second kappa shape index (κ2) is 9.73. The lowest BCUT2D eigenvalue weighted by atomic mass is 9.98. The molecule has 190 valence electrons. The van der Waals surface area contributed by atoms with Crippen molar-refractivity contribution in [1.82, 2.24) is 8.87 Å². The fourth-order valence-electron chi connectivity index (χ4n) is 4.94. The highest BCUT2D eigenvalue weighted by Crippen LogP contribution is 2.42. The maximum atomic E-state index is 13.9. The molecule has 2 aliphatic rings. The number of amides is 1. The number of halogens is 1. The topological polar surface area (TPSA) is 97.7 Å². The largest absolute Gasteiger partial charge is 0.462 e. The maximum absolute atomic E-state index is 13.9. The third kappa shape index (κ3) is 4.86. The number of hydrogen-bond acceptors (Lipinski definition) is 5. The lowest BCUT2D eigenvalue weighted by Gasteiger charge is -2.31. The van der Waals surface area contributed by atoms with Crippen LogP contribution >= 0.6 is 0 Å². The fourth-order valence-corrected chi connectivity index (χ4v) is 6.90. The van der Waals surface area contributed by atoms with Gasteiger partial charge in [-0.3, -0.25) is 4.79 Å². The van der Waals surface area contributed by atoms with E-state index in [9.17, 15) is 22.4 Å². The van der Waals surface area contributed by atoms with Crippen LogP contribution in [0.5, 0.6) is 0 Å². The van der Waals surface area contributed by atoms with Crippen molar-refractivity contribution in [3.05, 3.63) is 46.5 Å². The number of nitrogens with zero attached hydrogens (tertiary/aromatic N) is 2. The van der Waals surface area contributed by atoms with Crippen LogP contribution in [-0.4, -0.2) is 48.9 Å². The van der Waals surface area contributed by atoms with E-state index >= 15 is 0 Å². The van der Waals surface area contributed by atoms with Gasteiger partial charge in [0.25, 0.3) is 0 Å². The summed E-state index contributed by atoms with van der Waals surface area (Å²) in [6, 6.07) is 4.50. The van der Waals surface area contributed by atoms with E-state index in [1.807, 2.05) is 4.57 Å². The normalized spacial score (nSPS) is 18.9. The molecule has 2 fully saturated rings. The van der Waals surface area contributed by atoms with Crippen molar-refractivity contribution < 1.29 is 27.1 Å². The van der Waals surface area contributed by atoms with Crippen LogP contribution in [0.3, 0.4) is 0 Å². The minimum atomic E-state index is -4.06. The molecule has 1 atom stereocenters. The first-order chi connectivity index (χ1) is 16.6. The number of nitrogens with one attached hydrogen (secondary N) is 1. The van der Waals surface area contributed by atoms with Crippen LogP contribution in [0, 0.1) is 32.5 Å². The number of carbonyl (C=O) groups is 2. The molecule has 0 bridgehead atoms. The van der Waals surface area contributed by atoms with Gasteiger partial charge in [-0.05, 0) is 77.1 Å². The number of benzene rings is 1. The first-order valence-corrected chi connectivity index (χ1v) is 13.5. The summed E-state index contributed by atoms with van der Waals surface area (Å²) in [5, 5.41) is 2.78. The summed E-state index contributed by atoms with van der Waals surface area (Å²) in [5.74, 6) is -1.89. The summed E-state index contributed by atoms with van der Waals surface area (Å²) in [7, 11) is -4.06. The lowest BCUT2D eigenvalue weighted by Crippen LogP contribution is -2.44. The molecule has 2 aromatic rings. The second-order valence-electron chi connectivity index (χ2n) is 9.35. The average Bonchev–Trinajstić information content (AvgIpc) is 3.60. The van der Waals surface area contributed by atoms with Crippen LogP contribution in [0.1, 0.15) is 66.0 Å². The monoisotopic (exact) mass is 505 g/mol. The fraction of sp³-hybridized carbons (Fsp3) is 0.520. The van der Waals surface area contributed by atoms with Crippen molar-refractivity contribution >= 4 is 27.6 Å². The van der Waals surface area contributed by atoms with Gasteiger partial charge in [-0.2, -0.15) is 4.31 Å². The van der Waals surface area contributed by atoms with E-state index in [0.717, 1.165) is 12.8 Å². The zero-order valence-electron chi connectivity index (χ0n) is 20.6. The standard InChI is InChI=1S/C25H32FN3O5S/c1-5-34-25(31)22-16(3)29(20-9-10-20)17(4)23(22)35(32,33)28-12-6-7-18(14-28)24(30)27-19-8-11-21(26)15(2)13-19/h8,11,13,18,20H,5-7,9-10,12,14H2,1-4H3,(H,27,30)/t18-/m0/s1.